The highest BCUT2D eigenvalue weighted by Gasteiger charge is 2.41. The van der Waals surface area contributed by atoms with Crippen LogP contribution >= 0.6 is 0 Å². The van der Waals surface area contributed by atoms with Crippen molar-refractivity contribution in [2.75, 3.05) is 39.8 Å². The molecule has 0 radical (unpaired) electrons. The van der Waals surface area contributed by atoms with Crippen molar-refractivity contribution < 1.29 is 4.74 Å². The van der Waals surface area contributed by atoms with Crippen molar-refractivity contribution in [3.05, 3.63) is 0 Å². The van der Waals surface area contributed by atoms with E-state index in [0.29, 0.717) is 36.1 Å². The number of nitrogens with one attached hydrogen (secondary N) is 4. The number of methoxy groups -OCH3 is 1. The summed E-state index contributed by atoms with van der Waals surface area (Å²) in [6, 6.07) is 0.569. The van der Waals surface area contributed by atoms with Gasteiger partial charge in [-0.25, -0.2) is 0 Å². The lowest BCUT2D eigenvalue weighted by atomic mass is 9.73. The molecule has 2 saturated carbocycles. The van der Waals surface area contributed by atoms with Crippen LogP contribution in [0.1, 0.15) is 51.4 Å². The van der Waals surface area contributed by atoms with Gasteiger partial charge in [-0.15, -0.1) is 0 Å². The molecule has 5 rings (SSSR count). The topological polar surface area (TPSA) is 82.1 Å². The molecule has 3 heterocycles. The number of nitrogens with zero attached hydrogens (tertiary/aromatic N) is 2. The minimum atomic E-state index is 0.340. The smallest absolute Gasteiger partial charge is 0.0996 e. The van der Waals surface area contributed by atoms with Crippen LogP contribution in [0.3, 0.4) is 0 Å². The zero-order valence-corrected chi connectivity index (χ0v) is 18.5. The van der Waals surface area contributed by atoms with Gasteiger partial charge in [0.1, 0.15) is 0 Å². The predicted octanol–water partition coefficient (Wildman–Crippen LogP) is 1.51. The Balaban J connectivity index is 1.15. The first-order chi connectivity index (χ1) is 14.8. The number of amidine groups is 2. The fourth-order valence-electron chi connectivity index (χ4n) is 6.65. The highest BCUT2D eigenvalue weighted by molar-refractivity contribution is 5.86. The van der Waals surface area contributed by atoms with E-state index in [1.807, 2.05) is 7.11 Å². The molecule has 5 atom stereocenters. The Morgan fingerprint density at radius 3 is 2.17 bits per heavy atom. The third kappa shape index (κ3) is 4.39. The molecule has 0 aromatic carbocycles. The molecular formula is C23H40N6O. The second kappa shape index (κ2) is 9.53. The molecule has 0 spiro atoms. The van der Waals surface area contributed by atoms with E-state index in [2.05, 4.69) is 31.3 Å². The standard InChI is InChI=1S/C23H40N6O/c1-30-20-14-17(22-27-12-13-28-22)6-7-18(20)19-8-9-24-23(29-19)16-4-2-15(3-5-16)21-25-10-11-26-21/h15-20,23-24,29H,2-14H2,1H3,(H,25,26)(H,27,28). The maximum atomic E-state index is 6.04. The largest absolute Gasteiger partial charge is 0.381 e. The molecule has 0 amide bonds. The summed E-state index contributed by atoms with van der Waals surface area (Å²) in [6.07, 6.45) is 10.8. The van der Waals surface area contributed by atoms with Crippen molar-refractivity contribution in [2.24, 2.45) is 33.7 Å². The van der Waals surface area contributed by atoms with Gasteiger partial charge in [0.25, 0.3) is 0 Å². The summed E-state index contributed by atoms with van der Waals surface area (Å²) in [5, 5.41) is 14.8. The van der Waals surface area contributed by atoms with Crippen LogP contribution in [0.25, 0.3) is 0 Å². The van der Waals surface area contributed by atoms with Crippen molar-refractivity contribution >= 4 is 11.7 Å². The molecule has 4 N–H and O–H groups in total. The van der Waals surface area contributed by atoms with Gasteiger partial charge in [0.05, 0.1) is 37.0 Å². The monoisotopic (exact) mass is 416 g/mol. The van der Waals surface area contributed by atoms with Gasteiger partial charge in [0.15, 0.2) is 0 Å². The van der Waals surface area contributed by atoms with Gasteiger partial charge in [-0.1, -0.05) is 0 Å². The number of aliphatic imine (C=N–C) groups is 2. The van der Waals surface area contributed by atoms with Crippen molar-refractivity contribution in [3.63, 3.8) is 0 Å². The van der Waals surface area contributed by atoms with Gasteiger partial charge in [-0.05, 0) is 63.8 Å². The summed E-state index contributed by atoms with van der Waals surface area (Å²) < 4.78 is 6.04. The van der Waals surface area contributed by atoms with Crippen molar-refractivity contribution in [3.8, 4) is 0 Å². The average Bonchev–Trinajstić information content (AvgIpc) is 3.53. The minimum absolute atomic E-state index is 0.340. The summed E-state index contributed by atoms with van der Waals surface area (Å²) in [5.41, 5.74) is 0. The van der Waals surface area contributed by atoms with Crippen molar-refractivity contribution in [1.82, 2.24) is 21.3 Å². The van der Waals surface area contributed by atoms with Crippen LogP contribution in [0.15, 0.2) is 9.98 Å². The van der Waals surface area contributed by atoms with Crippen LogP contribution < -0.4 is 21.3 Å². The van der Waals surface area contributed by atoms with E-state index in [0.717, 1.165) is 45.1 Å². The zero-order chi connectivity index (χ0) is 20.3. The fraction of sp³-hybridized carbons (Fsp3) is 0.913. The molecule has 7 nitrogen and oxygen atoms in total. The molecule has 3 aliphatic heterocycles. The lowest BCUT2D eigenvalue weighted by molar-refractivity contribution is -0.0115. The van der Waals surface area contributed by atoms with E-state index in [1.54, 1.807) is 0 Å². The Labute approximate surface area is 181 Å². The maximum Gasteiger partial charge on any atom is 0.0996 e. The van der Waals surface area contributed by atoms with E-state index < -0.39 is 0 Å². The Morgan fingerprint density at radius 1 is 0.800 bits per heavy atom. The van der Waals surface area contributed by atoms with Crippen LogP contribution in [-0.4, -0.2) is 69.8 Å². The number of hydrogen-bond acceptors (Lipinski definition) is 7. The summed E-state index contributed by atoms with van der Waals surface area (Å²) >= 11 is 0. The van der Waals surface area contributed by atoms with Crippen LogP contribution in [0, 0.1) is 23.7 Å². The molecule has 0 aromatic heterocycles. The number of hydrogen-bond donors (Lipinski definition) is 4. The van der Waals surface area contributed by atoms with Gasteiger partial charge in [-0.3, -0.25) is 15.3 Å². The molecule has 5 aliphatic rings. The molecule has 2 aliphatic carbocycles. The minimum Gasteiger partial charge on any atom is -0.381 e. The first-order valence-electron chi connectivity index (χ1n) is 12.4. The molecule has 30 heavy (non-hydrogen) atoms. The average molecular weight is 417 g/mol. The van der Waals surface area contributed by atoms with Gasteiger partial charge < -0.3 is 20.7 Å². The Hall–Kier alpha value is -1.18. The van der Waals surface area contributed by atoms with Crippen molar-refractivity contribution in [1.29, 1.82) is 0 Å². The first kappa shape index (κ1) is 20.7. The Bertz CT molecular complexity index is 644. The highest BCUT2D eigenvalue weighted by atomic mass is 16.5. The molecule has 7 heteroatoms. The van der Waals surface area contributed by atoms with Crippen LogP contribution in [-0.2, 0) is 4.74 Å². The van der Waals surface area contributed by atoms with E-state index in [9.17, 15) is 0 Å². The molecule has 5 unspecified atom stereocenters. The third-order valence-corrected chi connectivity index (χ3v) is 8.29. The second-order valence-electron chi connectivity index (χ2n) is 9.94. The molecular weight excluding hydrogens is 376 g/mol. The van der Waals surface area contributed by atoms with Gasteiger partial charge in [0, 0.05) is 44.0 Å². The van der Waals surface area contributed by atoms with E-state index in [4.69, 9.17) is 4.74 Å². The van der Waals surface area contributed by atoms with Crippen molar-refractivity contribution in [2.45, 2.75) is 69.7 Å². The van der Waals surface area contributed by atoms with E-state index >= 15 is 0 Å². The SMILES string of the molecule is COC1CC(C2=NCCN2)CCC1C1CCNC(C2CCC(C3=NCCN3)CC2)N1. The zero-order valence-electron chi connectivity index (χ0n) is 18.5. The Kier molecular flexibility index (Phi) is 6.58. The lowest BCUT2D eigenvalue weighted by Crippen LogP contribution is -2.61. The Morgan fingerprint density at radius 2 is 1.50 bits per heavy atom. The van der Waals surface area contributed by atoms with Gasteiger partial charge in [0.2, 0.25) is 0 Å². The summed E-state index contributed by atoms with van der Waals surface area (Å²) in [7, 11) is 1.91. The van der Waals surface area contributed by atoms with Crippen LogP contribution in [0.2, 0.25) is 0 Å². The molecule has 0 aromatic rings. The van der Waals surface area contributed by atoms with E-state index in [1.165, 1.54) is 56.6 Å². The quantitative estimate of drug-likeness (QED) is 0.546. The first-order valence-corrected chi connectivity index (χ1v) is 12.4. The van der Waals surface area contributed by atoms with Crippen LogP contribution in [0.4, 0.5) is 0 Å². The van der Waals surface area contributed by atoms with Crippen LogP contribution in [0.5, 0.6) is 0 Å². The maximum absolute atomic E-state index is 6.04. The number of ether oxygens (including phenoxy) is 1. The molecule has 3 fully saturated rings. The molecule has 0 bridgehead atoms. The third-order valence-electron chi connectivity index (χ3n) is 8.29. The fourth-order valence-corrected chi connectivity index (χ4v) is 6.65. The molecule has 168 valence electrons. The summed E-state index contributed by atoms with van der Waals surface area (Å²) in [6.45, 7) is 5.08. The number of rotatable bonds is 5. The molecule has 1 saturated heterocycles. The van der Waals surface area contributed by atoms with E-state index in [-0.39, 0.29) is 0 Å². The lowest BCUT2D eigenvalue weighted by Gasteiger charge is -2.46. The summed E-state index contributed by atoms with van der Waals surface area (Å²) in [5.74, 6) is 5.12. The normalized spacial score (nSPS) is 42.2. The van der Waals surface area contributed by atoms with Gasteiger partial charge in [-0.2, -0.15) is 0 Å². The summed E-state index contributed by atoms with van der Waals surface area (Å²) in [4.78, 5) is 9.35. The predicted molar refractivity (Wildman–Crippen MR) is 121 cm³/mol. The second-order valence-corrected chi connectivity index (χ2v) is 9.94. The highest BCUT2D eigenvalue weighted by Crippen LogP contribution is 2.37. The van der Waals surface area contributed by atoms with Gasteiger partial charge >= 0.3 is 0 Å².